The van der Waals surface area contributed by atoms with Crippen molar-refractivity contribution >= 4 is 40.7 Å². The predicted molar refractivity (Wildman–Crippen MR) is 85.7 cm³/mol. The molecule has 3 atom stereocenters. The molecule has 3 rings (SSSR count). The SMILES string of the molecule is CCc1ccc(C2C3SCN(C3=O)C2C(=S)C(=O)O)cc1. The molecule has 0 saturated carbocycles. The number of benzene rings is 1. The van der Waals surface area contributed by atoms with E-state index in [9.17, 15) is 14.7 Å². The molecule has 0 aromatic heterocycles. The molecule has 1 N–H and O–H groups in total. The van der Waals surface area contributed by atoms with Gasteiger partial charge in [0.05, 0.1) is 17.2 Å². The number of amides is 1. The number of rotatable bonds is 4. The second-order valence-electron chi connectivity index (χ2n) is 5.26. The van der Waals surface area contributed by atoms with E-state index in [0.29, 0.717) is 5.88 Å². The van der Waals surface area contributed by atoms with Gasteiger partial charge in [-0.1, -0.05) is 43.4 Å². The lowest BCUT2D eigenvalue weighted by molar-refractivity contribution is -0.129. The zero-order valence-corrected chi connectivity index (χ0v) is 13.1. The minimum atomic E-state index is -1.10. The normalized spacial score (nSPS) is 27.2. The van der Waals surface area contributed by atoms with Crippen LogP contribution in [0.25, 0.3) is 0 Å². The van der Waals surface area contributed by atoms with Crippen molar-refractivity contribution in [2.75, 3.05) is 5.88 Å². The second kappa shape index (κ2) is 5.42. The van der Waals surface area contributed by atoms with Crippen molar-refractivity contribution in [3.63, 3.8) is 0 Å². The van der Waals surface area contributed by atoms with Gasteiger partial charge in [-0.25, -0.2) is 4.79 Å². The van der Waals surface area contributed by atoms with E-state index in [4.69, 9.17) is 12.2 Å². The summed E-state index contributed by atoms with van der Waals surface area (Å²) < 4.78 is 0. The summed E-state index contributed by atoms with van der Waals surface area (Å²) >= 11 is 6.65. The van der Waals surface area contributed by atoms with E-state index in [0.717, 1.165) is 12.0 Å². The summed E-state index contributed by atoms with van der Waals surface area (Å²) in [5, 5.41) is 9.01. The Labute approximate surface area is 132 Å². The minimum Gasteiger partial charge on any atom is -0.477 e. The van der Waals surface area contributed by atoms with Crippen LogP contribution in [-0.4, -0.2) is 43.9 Å². The molecule has 1 aromatic rings. The third-order valence-corrected chi connectivity index (χ3v) is 5.87. The molecule has 0 radical (unpaired) electrons. The van der Waals surface area contributed by atoms with Crippen molar-refractivity contribution < 1.29 is 14.7 Å². The zero-order valence-electron chi connectivity index (χ0n) is 11.5. The molecule has 2 fully saturated rings. The first-order chi connectivity index (χ1) is 10.0. The van der Waals surface area contributed by atoms with Crippen molar-refractivity contribution in [1.29, 1.82) is 0 Å². The van der Waals surface area contributed by atoms with Crippen LogP contribution in [0, 0.1) is 0 Å². The monoisotopic (exact) mass is 321 g/mol. The maximum atomic E-state index is 12.3. The summed E-state index contributed by atoms with van der Waals surface area (Å²) in [6, 6.07) is 7.57. The van der Waals surface area contributed by atoms with Gasteiger partial charge in [0.2, 0.25) is 5.91 Å². The summed E-state index contributed by atoms with van der Waals surface area (Å²) in [6.45, 7) is 2.08. The van der Waals surface area contributed by atoms with E-state index in [1.165, 1.54) is 5.56 Å². The smallest absolute Gasteiger partial charge is 0.344 e. The number of carbonyl (C=O) groups is 2. The number of thioether (sulfide) groups is 1. The molecule has 2 aliphatic heterocycles. The van der Waals surface area contributed by atoms with Gasteiger partial charge in [0.25, 0.3) is 0 Å². The first-order valence-corrected chi connectivity index (χ1v) is 8.28. The van der Waals surface area contributed by atoms with E-state index in [1.54, 1.807) is 16.7 Å². The molecule has 110 valence electrons. The Morgan fingerprint density at radius 1 is 1.43 bits per heavy atom. The predicted octanol–water partition coefficient (Wildman–Crippen LogP) is 2.07. The van der Waals surface area contributed by atoms with E-state index in [2.05, 4.69) is 6.92 Å². The number of carbonyl (C=O) groups excluding carboxylic acids is 1. The average molecular weight is 321 g/mol. The Balaban J connectivity index is 1.99. The lowest BCUT2D eigenvalue weighted by atomic mass is 9.88. The molecule has 2 heterocycles. The fourth-order valence-electron chi connectivity index (χ4n) is 3.06. The fourth-order valence-corrected chi connectivity index (χ4v) is 4.73. The molecule has 2 bridgehead atoms. The lowest BCUT2D eigenvalue weighted by Gasteiger charge is -2.30. The number of carboxylic acid groups (broad SMARTS) is 1. The number of aryl methyl sites for hydroxylation is 1. The molecular weight excluding hydrogens is 306 g/mol. The highest BCUT2D eigenvalue weighted by atomic mass is 32.2. The van der Waals surface area contributed by atoms with Crippen molar-refractivity contribution in [1.82, 2.24) is 4.90 Å². The highest BCUT2D eigenvalue weighted by molar-refractivity contribution is 8.01. The molecule has 0 aliphatic carbocycles. The summed E-state index contributed by atoms with van der Waals surface area (Å²) in [4.78, 5) is 25.1. The zero-order chi connectivity index (χ0) is 15.1. The van der Waals surface area contributed by atoms with Gasteiger partial charge in [0, 0.05) is 5.92 Å². The van der Waals surface area contributed by atoms with Gasteiger partial charge in [-0.15, -0.1) is 11.8 Å². The Bertz CT molecular complexity index is 614. The number of thiocarbonyl (C=S) groups is 1. The Morgan fingerprint density at radius 3 is 2.67 bits per heavy atom. The Kier molecular flexibility index (Phi) is 3.75. The number of fused-ring (bicyclic) bond motifs is 2. The van der Waals surface area contributed by atoms with Crippen LogP contribution < -0.4 is 0 Å². The van der Waals surface area contributed by atoms with Crippen LogP contribution in [0.5, 0.6) is 0 Å². The minimum absolute atomic E-state index is 0.0122. The van der Waals surface area contributed by atoms with E-state index >= 15 is 0 Å². The van der Waals surface area contributed by atoms with Crippen molar-refractivity contribution in [2.45, 2.75) is 30.6 Å². The highest BCUT2D eigenvalue weighted by Crippen LogP contribution is 2.47. The molecule has 1 aromatic carbocycles. The molecule has 21 heavy (non-hydrogen) atoms. The van der Waals surface area contributed by atoms with E-state index in [-0.39, 0.29) is 21.9 Å². The van der Waals surface area contributed by atoms with Crippen LogP contribution in [0.4, 0.5) is 0 Å². The summed E-state index contributed by atoms with van der Waals surface area (Å²) in [6.07, 6.45) is 0.950. The Hall–Kier alpha value is -1.40. The van der Waals surface area contributed by atoms with E-state index < -0.39 is 12.0 Å². The quantitative estimate of drug-likeness (QED) is 0.861. The maximum absolute atomic E-state index is 12.3. The van der Waals surface area contributed by atoms with Gasteiger partial charge in [0.1, 0.15) is 4.86 Å². The number of hydrogen-bond donors (Lipinski definition) is 1. The maximum Gasteiger partial charge on any atom is 0.344 e. The van der Waals surface area contributed by atoms with Crippen molar-refractivity contribution in [2.24, 2.45) is 0 Å². The van der Waals surface area contributed by atoms with Crippen LogP contribution >= 0.6 is 24.0 Å². The highest BCUT2D eigenvalue weighted by Gasteiger charge is 2.55. The third kappa shape index (κ3) is 2.26. The fraction of sp³-hybridized carbons (Fsp3) is 0.400. The largest absolute Gasteiger partial charge is 0.477 e. The number of nitrogens with zero attached hydrogens (tertiary/aromatic N) is 1. The lowest BCUT2D eigenvalue weighted by Crippen LogP contribution is -2.43. The van der Waals surface area contributed by atoms with Gasteiger partial charge in [-0.05, 0) is 17.5 Å². The first kappa shape index (κ1) is 14.5. The molecular formula is C15H15NO3S2. The van der Waals surface area contributed by atoms with Gasteiger partial charge in [-0.3, -0.25) is 4.79 Å². The van der Waals surface area contributed by atoms with Crippen LogP contribution in [-0.2, 0) is 16.0 Å². The van der Waals surface area contributed by atoms with Crippen LogP contribution in [0.2, 0.25) is 0 Å². The average Bonchev–Trinajstić information content (AvgIpc) is 2.99. The molecule has 1 amide bonds. The third-order valence-electron chi connectivity index (χ3n) is 4.17. The first-order valence-electron chi connectivity index (χ1n) is 6.82. The van der Waals surface area contributed by atoms with Crippen LogP contribution in [0.3, 0.4) is 0 Å². The summed E-state index contributed by atoms with van der Waals surface area (Å²) in [5.74, 6) is -0.718. The van der Waals surface area contributed by atoms with Crippen molar-refractivity contribution in [3.8, 4) is 0 Å². The topological polar surface area (TPSA) is 57.6 Å². The van der Waals surface area contributed by atoms with Crippen molar-refractivity contribution in [3.05, 3.63) is 35.4 Å². The van der Waals surface area contributed by atoms with Crippen LogP contribution in [0.1, 0.15) is 24.0 Å². The second-order valence-corrected chi connectivity index (χ2v) is 6.80. The molecule has 2 aliphatic rings. The van der Waals surface area contributed by atoms with Gasteiger partial charge >= 0.3 is 5.97 Å². The van der Waals surface area contributed by atoms with Gasteiger partial charge in [0.15, 0.2) is 0 Å². The molecule has 0 spiro atoms. The number of aliphatic carboxylic acids is 1. The molecule has 2 saturated heterocycles. The number of carboxylic acids is 1. The molecule has 6 heteroatoms. The Morgan fingerprint density at radius 2 is 2.10 bits per heavy atom. The van der Waals surface area contributed by atoms with Crippen LogP contribution in [0.15, 0.2) is 24.3 Å². The number of hydrogen-bond acceptors (Lipinski definition) is 4. The van der Waals surface area contributed by atoms with Gasteiger partial charge < -0.3 is 10.0 Å². The summed E-state index contributed by atoms with van der Waals surface area (Å²) in [5.41, 5.74) is 2.22. The van der Waals surface area contributed by atoms with E-state index in [1.807, 2.05) is 24.3 Å². The summed E-state index contributed by atoms with van der Waals surface area (Å²) in [7, 11) is 0. The standard InChI is InChI=1S/C15H15NO3S2/c1-2-8-3-5-9(6-4-8)10-11(12(20)15(18)19)16-7-21-13(10)14(16)17/h3-6,10-11,13H,2,7H2,1H3,(H,18,19). The van der Waals surface area contributed by atoms with Gasteiger partial charge in [-0.2, -0.15) is 0 Å². The molecule has 4 nitrogen and oxygen atoms in total. The molecule has 3 unspecified atom stereocenters.